The summed E-state index contributed by atoms with van der Waals surface area (Å²) < 4.78 is 0. The Hall–Kier alpha value is -1.64. The fourth-order valence-corrected chi connectivity index (χ4v) is 2.58. The van der Waals surface area contributed by atoms with Crippen LogP contribution >= 0.6 is 0 Å². The summed E-state index contributed by atoms with van der Waals surface area (Å²) in [5.41, 5.74) is 2.41. The monoisotopic (exact) mass is 297 g/mol. The number of rotatable bonds is 6. The second kappa shape index (κ2) is 7.57. The third-order valence-electron chi connectivity index (χ3n) is 4.07. The summed E-state index contributed by atoms with van der Waals surface area (Å²) in [5, 5.41) is 13.9. The van der Waals surface area contributed by atoms with Crippen LogP contribution in [0.2, 0.25) is 0 Å². The molecule has 0 aliphatic heterocycles. The van der Waals surface area contributed by atoms with E-state index >= 15 is 0 Å². The smallest absolute Gasteiger partial charge is 0.0914 e. The van der Waals surface area contributed by atoms with Crippen molar-refractivity contribution in [2.24, 2.45) is 5.41 Å². The molecule has 0 heterocycles. The molecular weight excluding hydrogens is 270 g/mol. The van der Waals surface area contributed by atoms with Crippen molar-refractivity contribution in [3.05, 3.63) is 71.8 Å². The summed E-state index contributed by atoms with van der Waals surface area (Å²) in [4.78, 5) is 0. The molecule has 0 bridgehead atoms. The van der Waals surface area contributed by atoms with Gasteiger partial charge in [-0.2, -0.15) is 0 Å². The molecule has 2 atom stereocenters. The van der Waals surface area contributed by atoms with Crippen LogP contribution in [-0.4, -0.2) is 17.7 Å². The Morgan fingerprint density at radius 2 is 1.45 bits per heavy atom. The maximum absolute atomic E-state index is 10.3. The van der Waals surface area contributed by atoms with Crippen molar-refractivity contribution >= 4 is 0 Å². The van der Waals surface area contributed by atoms with Crippen LogP contribution in [0.15, 0.2) is 60.7 Å². The van der Waals surface area contributed by atoms with Gasteiger partial charge in [0.2, 0.25) is 0 Å². The molecule has 2 aromatic rings. The molecule has 0 fully saturated rings. The first-order chi connectivity index (χ1) is 10.5. The first-order valence-corrected chi connectivity index (χ1v) is 7.97. The average molecular weight is 297 g/mol. The SMILES string of the molecule is CC(C)(C)[C@@H](Cc1ccccc1)NC[C@H](O)c1ccccc1. The number of hydrogen-bond donors (Lipinski definition) is 2. The highest BCUT2D eigenvalue weighted by molar-refractivity contribution is 5.18. The minimum absolute atomic E-state index is 0.131. The molecular formula is C20H27NO. The van der Waals surface area contributed by atoms with Gasteiger partial charge in [0.15, 0.2) is 0 Å². The normalized spacial score (nSPS) is 14.5. The first-order valence-electron chi connectivity index (χ1n) is 7.97. The number of benzene rings is 2. The van der Waals surface area contributed by atoms with Crippen LogP contribution in [0.25, 0.3) is 0 Å². The van der Waals surface area contributed by atoms with Crippen LogP contribution in [0.1, 0.15) is 38.0 Å². The lowest BCUT2D eigenvalue weighted by molar-refractivity contribution is 0.154. The van der Waals surface area contributed by atoms with E-state index in [1.807, 2.05) is 36.4 Å². The van der Waals surface area contributed by atoms with E-state index < -0.39 is 6.10 Å². The predicted octanol–water partition coefficient (Wildman–Crippen LogP) is 3.97. The van der Waals surface area contributed by atoms with E-state index in [1.54, 1.807) is 0 Å². The molecule has 0 saturated carbocycles. The van der Waals surface area contributed by atoms with E-state index in [-0.39, 0.29) is 5.41 Å². The van der Waals surface area contributed by atoms with Crippen molar-refractivity contribution in [1.29, 1.82) is 0 Å². The van der Waals surface area contributed by atoms with Crippen molar-refractivity contribution < 1.29 is 5.11 Å². The molecule has 2 N–H and O–H groups in total. The molecule has 118 valence electrons. The summed E-state index contributed by atoms with van der Waals surface area (Å²) >= 11 is 0. The van der Waals surface area contributed by atoms with Gasteiger partial charge in [-0.25, -0.2) is 0 Å². The van der Waals surface area contributed by atoms with Crippen LogP contribution in [0.5, 0.6) is 0 Å². The van der Waals surface area contributed by atoms with E-state index in [9.17, 15) is 5.11 Å². The quantitative estimate of drug-likeness (QED) is 0.845. The van der Waals surface area contributed by atoms with Crippen molar-refractivity contribution in [3.63, 3.8) is 0 Å². The van der Waals surface area contributed by atoms with Crippen molar-refractivity contribution in [2.75, 3.05) is 6.54 Å². The fraction of sp³-hybridized carbons (Fsp3) is 0.400. The molecule has 0 spiro atoms. The van der Waals surface area contributed by atoms with Gasteiger partial charge in [0.1, 0.15) is 0 Å². The van der Waals surface area contributed by atoms with Gasteiger partial charge in [0.05, 0.1) is 6.10 Å². The van der Waals surface area contributed by atoms with E-state index in [0.29, 0.717) is 12.6 Å². The van der Waals surface area contributed by atoms with Crippen molar-refractivity contribution in [1.82, 2.24) is 5.32 Å². The van der Waals surface area contributed by atoms with E-state index in [4.69, 9.17) is 0 Å². The third kappa shape index (κ3) is 4.97. The molecule has 0 aliphatic rings. The first kappa shape index (κ1) is 16.7. The number of aliphatic hydroxyl groups is 1. The van der Waals surface area contributed by atoms with E-state index in [2.05, 4.69) is 50.4 Å². The van der Waals surface area contributed by atoms with Crippen molar-refractivity contribution in [2.45, 2.75) is 39.3 Å². The molecule has 0 saturated heterocycles. The Morgan fingerprint density at radius 3 is 2.00 bits per heavy atom. The number of aliphatic hydroxyl groups excluding tert-OH is 1. The predicted molar refractivity (Wildman–Crippen MR) is 92.8 cm³/mol. The fourth-order valence-electron chi connectivity index (χ4n) is 2.58. The van der Waals surface area contributed by atoms with Gasteiger partial charge in [-0.05, 0) is 23.0 Å². The summed E-state index contributed by atoms with van der Waals surface area (Å²) in [7, 11) is 0. The molecule has 2 nitrogen and oxygen atoms in total. The molecule has 0 aromatic heterocycles. The summed E-state index contributed by atoms with van der Waals surface area (Å²) in [6.45, 7) is 7.28. The van der Waals surface area contributed by atoms with E-state index in [1.165, 1.54) is 5.56 Å². The standard InChI is InChI=1S/C20H27NO/c1-20(2,3)19(14-16-10-6-4-7-11-16)21-15-18(22)17-12-8-5-9-13-17/h4-13,18-19,21-22H,14-15H2,1-3H3/t18-,19+/m0/s1. The number of hydrogen-bond acceptors (Lipinski definition) is 2. The molecule has 2 heteroatoms. The van der Waals surface area contributed by atoms with Gasteiger partial charge < -0.3 is 10.4 Å². The maximum Gasteiger partial charge on any atom is 0.0914 e. The second-order valence-electron chi connectivity index (χ2n) is 6.94. The summed E-state index contributed by atoms with van der Waals surface area (Å²) in [5.74, 6) is 0. The van der Waals surface area contributed by atoms with Crippen molar-refractivity contribution in [3.8, 4) is 0 Å². The molecule has 2 rings (SSSR count). The lowest BCUT2D eigenvalue weighted by Gasteiger charge is -2.32. The Morgan fingerprint density at radius 1 is 0.909 bits per heavy atom. The Balaban J connectivity index is 1.99. The highest BCUT2D eigenvalue weighted by Crippen LogP contribution is 2.23. The van der Waals surface area contributed by atoms with Crippen LogP contribution in [0.3, 0.4) is 0 Å². The van der Waals surface area contributed by atoms with Crippen LogP contribution in [-0.2, 0) is 6.42 Å². The zero-order valence-electron chi connectivity index (χ0n) is 13.8. The molecule has 2 aromatic carbocycles. The van der Waals surface area contributed by atoms with Crippen LogP contribution < -0.4 is 5.32 Å². The largest absolute Gasteiger partial charge is 0.387 e. The van der Waals surface area contributed by atoms with Gasteiger partial charge >= 0.3 is 0 Å². The zero-order chi connectivity index (χ0) is 16.0. The lowest BCUT2D eigenvalue weighted by atomic mass is 9.83. The van der Waals surface area contributed by atoms with Crippen LogP contribution in [0.4, 0.5) is 0 Å². The molecule has 22 heavy (non-hydrogen) atoms. The van der Waals surface area contributed by atoms with Gasteiger partial charge in [-0.3, -0.25) is 0 Å². The highest BCUT2D eigenvalue weighted by atomic mass is 16.3. The molecule has 0 aliphatic carbocycles. The van der Waals surface area contributed by atoms with Gasteiger partial charge in [0, 0.05) is 12.6 Å². The minimum atomic E-state index is -0.471. The minimum Gasteiger partial charge on any atom is -0.387 e. The Labute approximate surface area is 134 Å². The molecule has 0 radical (unpaired) electrons. The lowest BCUT2D eigenvalue weighted by Crippen LogP contribution is -2.43. The van der Waals surface area contributed by atoms with Gasteiger partial charge in [-0.1, -0.05) is 81.4 Å². The van der Waals surface area contributed by atoms with E-state index in [0.717, 1.165) is 12.0 Å². The summed E-state index contributed by atoms with van der Waals surface area (Å²) in [6, 6.07) is 20.7. The molecule has 0 unspecified atom stereocenters. The third-order valence-corrected chi connectivity index (χ3v) is 4.07. The Bertz CT molecular complexity index is 545. The Kier molecular flexibility index (Phi) is 5.76. The summed E-state index contributed by atoms with van der Waals surface area (Å²) in [6.07, 6.45) is 0.494. The van der Waals surface area contributed by atoms with Gasteiger partial charge in [-0.15, -0.1) is 0 Å². The average Bonchev–Trinajstić information content (AvgIpc) is 2.52. The second-order valence-corrected chi connectivity index (χ2v) is 6.94. The van der Waals surface area contributed by atoms with Crippen LogP contribution in [0, 0.1) is 5.41 Å². The van der Waals surface area contributed by atoms with Gasteiger partial charge in [0.25, 0.3) is 0 Å². The topological polar surface area (TPSA) is 32.3 Å². The molecule has 0 amide bonds. The highest BCUT2D eigenvalue weighted by Gasteiger charge is 2.25. The maximum atomic E-state index is 10.3. The number of nitrogens with one attached hydrogen (secondary N) is 1. The zero-order valence-corrected chi connectivity index (χ0v) is 13.8.